The number of anilines is 2. The predicted molar refractivity (Wildman–Crippen MR) is 117 cm³/mol. The van der Waals surface area contributed by atoms with Crippen LogP contribution in [0.4, 0.5) is 10.8 Å². The molecule has 7 heteroatoms. The maximum atomic E-state index is 13.3. The molecule has 0 radical (unpaired) electrons. The maximum absolute atomic E-state index is 13.3. The molecule has 3 heterocycles. The number of nitrogens with one attached hydrogen (secondary N) is 1. The van der Waals surface area contributed by atoms with E-state index in [0.717, 1.165) is 22.5 Å². The Morgan fingerprint density at radius 1 is 1.20 bits per heavy atom. The number of hydrogen-bond donors (Lipinski definition) is 2. The van der Waals surface area contributed by atoms with Crippen molar-refractivity contribution in [2.24, 2.45) is 0 Å². The summed E-state index contributed by atoms with van der Waals surface area (Å²) in [5.41, 5.74) is 8.58. The SMILES string of the molecule is Nc1nc(CCC(=O)N2CCC3(C(=O)Nc4ccccc43)C2c2ccccc2)cs1. The minimum Gasteiger partial charge on any atom is -0.375 e. The molecule has 1 saturated heterocycles. The molecule has 2 aliphatic heterocycles. The molecule has 2 unspecified atom stereocenters. The molecule has 5 rings (SSSR count). The summed E-state index contributed by atoms with van der Waals surface area (Å²) in [5.74, 6) is 0.00427. The molecule has 1 spiro atoms. The lowest BCUT2D eigenvalue weighted by Gasteiger charge is -2.34. The fraction of sp³-hybridized carbons (Fsp3) is 0.261. The van der Waals surface area contributed by atoms with Crippen molar-refractivity contribution in [1.82, 2.24) is 9.88 Å². The number of nitrogens with zero attached hydrogens (tertiary/aromatic N) is 2. The zero-order valence-electron chi connectivity index (χ0n) is 16.4. The standard InChI is InChI=1S/C23H22N4O2S/c24-22-25-16(14-30-22)10-11-19(28)27-13-12-23(20(27)15-6-2-1-3-7-15)17-8-4-5-9-18(17)26-21(23)29/h1-9,14,20H,10-13H2,(H2,24,25)(H,26,29). The number of benzene rings is 2. The number of para-hydroxylation sites is 1. The highest BCUT2D eigenvalue weighted by atomic mass is 32.1. The molecule has 0 saturated carbocycles. The van der Waals surface area contributed by atoms with Crippen molar-refractivity contribution in [3.8, 4) is 0 Å². The second-order valence-corrected chi connectivity index (χ2v) is 8.69. The van der Waals surface area contributed by atoms with Crippen LogP contribution in [0.3, 0.4) is 0 Å². The van der Waals surface area contributed by atoms with Gasteiger partial charge in [0.1, 0.15) is 5.41 Å². The summed E-state index contributed by atoms with van der Waals surface area (Å²) in [6.45, 7) is 0.541. The average molecular weight is 419 g/mol. The van der Waals surface area contributed by atoms with Crippen LogP contribution in [0, 0.1) is 0 Å². The number of amides is 2. The normalized spacial score (nSPS) is 22.3. The number of hydrogen-bond acceptors (Lipinski definition) is 5. The van der Waals surface area contributed by atoms with Gasteiger partial charge in [-0.05, 0) is 30.0 Å². The number of aryl methyl sites for hydroxylation is 1. The van der Waals surface area contributed by atoms with Crippen LogP contribution in [0.5, 0.6) is 0 Å². The summed E-state index contributed by atoms with van der Waals surface area (Å²) in [7, 11) is 0. The van der Waals surface area contributed by atoms with Crippen molar-refractivity contribution < 1.29 is 9.59 Å². The lowest BCUT2D eigenvalue weighted by molar-refractivity contribution is -0.133. The van der Waals surface area contributed by atoms with Crippen LogP contribution in [0.2, 0.25) is 0 Å². The Morgan fingerprint density at radius 2 is 1.97 bits per heavy atom. The largest absolute Gasteiger partial charge is 0.375 e. The van der Waals surface area contributed by atoms with Crippen molar-refractivity contribution in [2.45, 2.75) is 30.7 Å². The van der Waals surface area contributed by atoms with Gasteiger partial charge in [0.15, 0.2) is 5.13 Å². The Hall–Kier alpha value is -3.19. The van der Waals surface area contributed by atoms with Crippen LogP contribution in [-0.2, 0) is 21.4 Å². The van der Waals surface area contributed by atoms with Gasteiger partial charge in [0.05, 0.1) is 11.7 Å². The lowest BCUT2D eigenvalue weighted by Crippen LogP contribution is -2.42. The van der Waals surface area contributed by atoms with Gasteiger partial charge in [-0.15, -0.1) is 11.3 Å². The monoisotopic (exact) mass is 418 g/mol. The Morgan fingerprint density at radius 3 is 2.73 bits per heavy atom. The van der Waals surface area contributed by atoms with E-state index in [1.54, 1.807) is 0 Å². The smallest absolute Gasteiger partial charge is 0.237 e. The lowest BCUT2D eigenvalue weighted by atomic mass is 9.72. The van der Waals surface area contributed by atoms with Gasteiger partial charge in [-0.2, -0.15) is 0 Å². The van der Waals surface area contributed by atoms with Crippen LogP contribution in [0.1, 0.15) is 35.7 Å². The van der Waals surface area contributed by atoms with Gasteiger partial charge in [-0.3, -0.25) is 9.59 Å². The van der Waals surface area contributed by atoms with Crippen molar-refractivity contribution in [3.05, 3.63) is 76.8 Å². The Bertz CT molecular complexity index is 1110. The summed E-state index contributed by atoms with van der Waals surface area (Å²) in [6.07, 6.45) is 1.48. The predicted octanol–water partition coefficient (Wildman–Crippen LogP) is 3.52. The van der Waals surface area contributed by atoms with Crippen molar-refractivity contribution >= 4 is 34.0 Å². The van der Waals surface area contributed by atoms with E-state index in [9.17, 15) is 9.59 Å². The first-order valence-electron chi connectivity index (χ1n) is 10.0. The molecule has 2 amide bonds. The van der Waals surface area contributed by atoms with Gasteiger partial charge in [-0.25, -0.2) is 4.98 Å². The highest BCUT2D eigenvalue weighted by Crippen LogP contribution is 2.54. The van der Waals surface area contributed by atoms with Crippen molar-refractivity contribution in [2.75, 3.05) is 17.6 Å². The van der Waals surface area contributed by atoms with E-state index in [2.05, 4.69) is 10.3 Å². The molecule has 3 aromatic rings. The molecule has 2 aliphatic rings. The Balaban J connectivity index is 1.51. The maximum Gasteiger partial charge on any atom is 0.237 e. The molecule has 0 aliphatic carbocycles. The van der Waals surface area contributed by atoms with Gasteiger partial charge < -0.3 is 16.0 Å². The summed E-state index contributed by atoms with van der Waals surface area (Å²) in [6, 6.07) is 17.4. The van der Waals surface area contributed by atoms with E-state index in [1.165, 1.54) is 11.3 Å². The Labute approximate surface area is 178 Å². The van der Waals surface area contributed by atoms with Crippen molar-refractivity contribution in [1.29, 1.82) is 0 Å². The molecule has 1 aromatic heterocycles. The summed E-state index contributed by atoms with van der Waals surface area (Å²) in [5, 5.41) is 5.46. The minimum atomic E-state index is -0.765. The van der Waals surface area contributed by atoms with E-state index in [4.69, 9.17) is 5.73 Å². The third kappa shape index (κ3) is 2.89. The number of nitrogen functional groups attached to an aromatic ring is 1. The minimum absolute atomic E-state index is 0.0277. The molecular formula is C23H22N4O2S. The van der Waals surface area contributed by atoms with E-state index in [1.807, 2.05) is 64.9 Å². The number of aromatic nitrogens is 1. The fourth-order valence-corrected chi connectivity index (χ4v) is 5.47. The van der Waals surface area contributed by atoms with Crippen LogP contribution in [0.25, 0.3) is 0 Å². The highest BCUT2D eigenvalue weighted by Gasteiger charge is 2.59. The summed E-state index contributed by atoms with van der Waals surface area (Å²) in [4.78, 5) is 32.8. The number of rotatable bonds is 4. The second-order valence-electron chi connectivity index (χ2n) is 7.80. The number of nitrogens with two attached hydrogens (primary N) is 1. The van der Waals surface area contributed by atoms with E-state index >= 15 is 0 Å². The highest BCUT2D eigenvalue weighted by molar-refractivity contribution is 7.13. The van der Waals surface area contributed by atoms with Crippen LogP contribution < -0.4 is 11.1 Å². The van der Waals surface area contributed by atoms with E-state index in [-0.39, 0.29) is 17.9 Å². The molecule has 2 aromatic carbocycles. The third-order valence-electron chi connectivity index (χ3n) is 6.19. The number of thiazole rings is 1. The topological polar surface area (TPSA) is 88.3 Å². The molecular weight excluding hydrogens is 396 g/mol. The first kappa shape index (κ1) is 18.8. The number of carbonyl (C=O) groups is 2. The first-order chi connectivity index (χ1) is 14.6. The van der Waals surface area contributed by atoms with Gasteiger partial charge >= 0.3 is 0 Å². The second kappa shape index (κ2) is 7.25. The van der Waals surface area contributed by atoms with Crippen LogP contribution in [0.15, 0.2) is 60.0 Å². The van der Waals surface area contributed by atoms with Gasteiger partial charge in [0.2, 0.25) is 11.8 Å². The van der Waals surface area contributed by atoms with Crippen LogP contribution >= 0.6 is 11.3 Å². The first-order valence-corrected chi connectivity index (χ1v) is 10.9. The number of carbonyl (C=O) groups excluding carboxylic acids is 2. The van der Waals surface area contributed by atoms with Crippen LogP contribution in [-0.4, -0.2) is 28.2 Å². The quantitative estimate of drug-likeness (QED) is 0.679. The molecule has 30 heavy (non-hydrogen) atoms. The number of likely N-dealkylation sites (tertiary alicyclic amines) is 1. The van der Waals surface area contributed by atoms with Gasteiger partial charge in [0.25, 0.3) is 0 Å². The van der Waals surface area contributed by atoms with E-state index < -0.39 is 5.41 Å². The molecule has 3 N–H and O–H groups in total. The fourth-order valence-electron chi connectivity index (χ4n) is 4.87. The number of fused-ring (bicyclic) bond motifs is 2. The van der Waals surface area contributed by atoms with Gasteiger partial charge in [-0.1, -0.05) is 48.5 Å². The Kier molecular flexibility index (Phi) is 4.55. The van der Waals surface area contributed by atoms with Gasteiger partial charge in [0, 0.05) is 24.0 Å². The molecule has 6 nitrogen and oxygen atoms in total. The summed E-state index contributed by atoms with van der Waals surface area (Å²) < 4.78 is 0. The zero-order chi connectivity index (χ0) is 20.7. The molecule has 1 fully saturated rings. The van der Waals surface area contributed by atoms with Crippen molar-refractivity contribution in [3.63, 3.8) is 0 Å². The summed E-state index contributed by atoms with van der Waals surface area (Å²) >= 11 is 1.38. The molecule has 2 atom stereocenters. The zero-order valence-corrected chi connectivity index (χ0v) is 17.2. The molecule has 0 bridgehead atoms. The average Bonchev–Trinajstić information content (AvgIpc) is 3.44. The third-order valence-corrected chi connectivity index (χ3v) is 6.91. The van der Waals surface area contributed by atoms with E-state index in [0.29, 0.717) is 30.9 Å². The molecule has 152 valence electrons.